The van der Waals surface area contributed by atoms with Gasteiger partial charge in [0, 0.05) is 24.7 Å². The number of aryl methyl sites for hydroxylation is 2. The number of nitrogens with zero attached hydrogens (tertiary/aromatic N) is 1. The molecule has 0 fully saturated rings. The lowest BCUT2D eigenvalue weighted by Crippen LogP contribution is -2.34. The van der Waals surface area contributed by atoms with Gasteiger partial charge in [-0.25, -0.2) is 13.1 Å². The Morgan fingerprint density at radius 3 is 2.50 bits per heavy atom. The number of sulfonamides is 1. The van der Waals surface area contributed by atoms with Crippen molar-refractivity contribution in [1.82, 2.24) is 15.2 Å². The number of rotatable bonds is 7. The quantitative estimate of drug-likeness (QED) is 0.765. The second-order valence-corrected chi connectivity index (χ2v) is 6.48. The van der Waals surface area contributed by atoms with Crippen molar-refractivity contribution in [3.63, 3.8) is 0 Å². The fourth-order valence-electron chi connectivity index (χ4n) is 1.49. The van der Waals surface area contributed by atoms with Gasteiger partial charge in [-0.3, -0.25) is 0 Å². The zero-order valence-corrected chi connectivity index (χ0v) is 12.1. The van der Waals surface area contributed by atoms with E-state index in [-0.39, 0.29) is 18.3 Å². The molecule has 2 N–H and O–H groups in total. The van der Waals surface area contributed by atoms with Crippen LogP contribution >= 0.6 is 0 Å². The van der Waals surface area contributed by atoms with Crippen LogP contribution in [0.4, 0.5) is 0 Å². The molecule has 104 valence electrons. The van der Waals surface area contributed by atoms with E-state index in [4.69, 9.17) is 4.52 Å². The van der Waals surface area contributed by atoms with Crippen LogP contribution in [0.5, 0.6) is 0 Å². The number of hydrogen-bond acceptors (Lipinski definition) is 5. The number of aromatic nitrogens is 1. The Balaban J connectivity index is 2.47. The van der Waals surface area contributed by atoms with Crippen LogP contribution in [0.2, 0.25) is 0 Å². The molecule has 0 amide bonds. The lowest BCUT2D eigenvalue weighted by atomic mass is 10.2. The Labute approximate surface area is 108 Å². The highest BCUT2D eigenvalue weighted by molar-refractivity contribution is 7.89. The standard InChI is InChI=1S/C11H21N3O3S/c1-8(2)12-5-6-18(15,16)13-7-11-9(3)14-17-10(11)4/h8,12-13H,5-7H2,1-4H3. The Hall–Kier alpha value is -0.920. The fourth-order valence-corrected chi connectivity index (χ4v) is 2.39. The summed E-state index contributed by atoms with van der Waals surface area (Å²) in [4.78, 5) is 0. The first-order valence-electron chi connectivity index (χ1n) is 5.94. The summed E-state index contributed by atoms with van der Waals surface area (Å²) < 4.78 is 31.0. The van der Waals surface area contributed by atoms with E-state index in [1.807, 2.05) is 13.8 Å². The van der Waals surface area contributed by atoms with Gasteiger partial charge in [0.05, 0.1) is 11.4 Å². The molecule has 6 nitrogen and oxygen atoms in total. The van der Waals surface area contributed by atoms with Crippen LogP contribution in [0.15, 0.2) is 4.52 Å². The first-order valence-corrected chi connectivity index (χ1v) is 7.59. The van der Waals surface area contributed by atoms with Gasteiger partial charge in [-0.2, -0.15) is 0 Å². The summed E-state index contributed by atoms with van der Waals surface area (Å²) in [6.07, 6.45) is 0. The third kappa shape index (κ3) is 4.75. The van der Waals surface area contributed by atoms with Gasteiger partial charge in [0.15, 0.2) is 0 Å². The minimum atomic E-state index is -3.27. The fraction of sp³-hybridized carbons (Fsp3) is 0.727. The lowest BCUT2D eigenvalue weighted by molar-refractivity contribution is 0.392. The molecule has 0 bridgehead atoms. The Kier molecular flexibility index (Phi) is 5.30. The smallest absolute Gasteiger partial charge is 0.213 e. The van der Waals surface area contributed by atoms with E-state index in [2.05, 4.69) is 15.2 Å². The molecule has 0 saturated heterocycles. The average Bonchev–Trinajstić information content (AvgIpc) is 2.55. The zero-order chi connectivity index (χ0) is 13.8. The van der Waals surface area contributed by atoms with Crippen molar-refractivity contribution in [3.8, 4) is 0 Å². The molecular weight excluding hydrogens is 254 g/mol. The molecule has 7 heteroatoms. The molecule has 0 unspecified atom stereocenters. The summed E-state index contributed by atoms with van der Waals surface area (Å²) in [5, 5.41) is 6.85. The van der Waals surface area contributed by atoms with E-state index < -0.39 is 10.0 Å². The number of hydrogen-bond donors (Lipinski definition) is 2. The number of nitrogens with one attached hydrogen (secondary N) is 2. The first-order chi connectivity index (χ1) is 8.32. The molecule has 1 aromatic heterocycles. The molecule has 0 aliphatic carbocycles. The van der Waals surface area contributed by atoms with Crippen LogP contribution in [0.1, 0.15) is 30.9 Å². The van der Waals surface area contributed by atoms with Gasteiger partial charge >= 0.3 is 0 Å². The highest BCUT2D eigenvalue weighted by Gasteiger charge is 2.14. The molecule has 1 aromatic rings. The monoisotopic (exact) mass is 275 g/mol. The Bertz CT molecular complexity index is 460. The molecule has 1 rings (SSSR count). The Morgan fingerprint density at radius 2 is 2.00 bits per heavy atom. The van der Waals surface area contributed by atoms with Crippen LogP contribution in [0.25, 0.3) is 0 Å². The topological polar surface area (TPSA) is 84.2 Å². The van der Waals surface area contributed by atoms with Crippen molar-refractivity contribution < 1.29 is 12.9 Å². The Morgan fingerprint density at radius 1 is 1.33 bits per heavy atom. The van der Waals surface area contributed by atoms with Crippen molar-refractivity contribution >= 4 is 10.0 Å². The molecule has 0 saturated carbocycles. The third-order valence-corrected chi connectivity index (χ3v) is 3.90. The lowest BCUT2D eigenvalue weighted by Gasteiger charge is -2.09. The van der Waals surface area contributed by atoms with Crippen LogP contribution in [0, 0.1) is 13.8 Å². The van der Waals surface area contributed by atoms with E-state index in [9.17, 15) is 8.42 Å². The van der Waals surface area contributed by atoms with Crippen molar-refractivity contribution in [1.29, 1.82) is 0 Å². The van der Waals surface area contributed by atoms with Gasteiger partial charge in [-0.15, -0.1) is 0 Å². The van der Waals surface area contributed by atoms with Gasteiger partial charge in [0.2, 0.25) is 10.0 Å². The second kappa shape index (κ2) is 6.31. The van der Waals surface area contributed by atoms with Crippen LogP contribution in [0.3, 0.4) is 0 Å². The average molecular weight is 275 g/mol. The molecule has 0 aliphatic heterocycles. The maximum atomic E-state index is 11.7. The summed E-state index contributed by atoms with van der Waals surface area (Å²) in [5.41, 5.74) is 1.52. The van der Waals surface area contributed by atoms with Gasteiger partial charge in [-0.1, -0.05) is 19.0 Å². The SMILES string of the molecule is Cc1noc(C)c1CNS(=O)(=O)CCNC(C)C. The summed E-state index contributed by atoms with van der Waals surface area (Å²) >= 11 is 0. The van der Waals surface area contributed by atoms with Crippen molar-refractivity contribution in [2.75, 3.05) is 12.3 Å². The summed E-state index contributed by atoms with van der Waals surface area (Å²) in [6.45, 7) is 8.18. The first kappa shape index (κ1) is 15.1. The molecule has 0 aliphatic rings. The molecule has 0 radical (unpaired) electrons. The molecule has 1 heterocycles. The highest BCUT2D eigenvalue weighted by Crippen LogP contribution is 2.11. The van der Waals surface area contributed by atoms with Gasteiger partial charge in [0.1, 0.15) is 5.76 Å². The van der Waals surface area contributed by atoms with Crippen molar-refractivity contribution in [3.05, 3.63) is 17.0 Å². The molecule has 0 spiro atoms. The van der Waals surface area contributed by atoms with E-state index >= 15 is 0 Å². The third-order valence-electron chi connectivity index (χ3n) is 2.57. The molecule has 0 atom stereocenters. The zero-order valence-electron chi connectivity index (χ0n) is 11.3. The summed E-state index contributed by atoms with van der Waals surface area (Å²) in [6, 6.07) is 0.280. The van der Waals surface area contributed by atoms with E-state index in [0.717, 1.165) is 11.3 Å². The minimum absolute atomic E-state index is 0.0640. The van der Waals surface area contributed by atoms with Crippen LogP contribution in [-0.2, 0) is 16.6 Å². The van der Waals surface area contributed by atoms with Crippen LogP contribution < -0.4 is 10.0 Å². The maximum absolute atomic E-state index is 11.7. The normalized spacial score (nSPS) is 12.3. The molecular formula is C11H21N3O3S. The molecule has 0 aromatic carbocycles. The predicted molar refractivity (Wildman–Crippen MR) is 69.7 cm³/mol. The van der Waals surface area contributed by atoms with Crippen molar-refractivity contribution in [2.24, 2.45) is 0 Å². The van der Waals surface area contributed by atoms with Gasteiger partial charge in [0.25, 0.3) is 0 Å². The minimum Gasteiger partial charge on any atom is -0.361 e. The maximum Gasteiger partial charge on any atom is 0.213 e. The van der Waals surface area contributed by atoms with Crippen molar-refractivity contribution in [2.45, 2.75) is 40.3 Å². The second-order valence-electron chi connectivity index (χ2n) is 4.55. The van der Waals surface area contributed by atoms with Gasteiger partial charge < -0.3 is 9.84 Å². The summed E-state index contributed by atoms with van der Waals surface area (Å²) in [5.74, 6) is 0.713. The highest BCUT2D eigenvalue weighted by atomic mass is 32.2. The summed E-state index contributed by atoms with van der Waals surface area (Å²) in [7, 11) is -3.27. The predicted octanol–water partition coefficient (Wildman–Crippen LogP) is 0.709. The van der Waals surface area contributed by atoms with E-state index in [1.54, 1.807) is 13.8 Å². The van der Waals surface area contributed by atoms with Crippen LogP contribution in [-0.4, -0.2) is 31.9 Å². The van der Waals surface area contributed by atoms with E-state index in [0.29, 0.717) is 12.3 Å². The molecule has 18 heavy (non-hydrogen) atoms. The van der Waals surface area contributed by atoms with Gasteiger partial charge in [-0.05, 0) is 13.8 Å². The van der Waals surface area contributed by atoms with E-state index in [1.165, 1.54) is 0 Å². The largest absolute Gasteiger partial charge is 0.361 e.